The number of hydrogen-bond acceptors (Lipinski definition) is 6. The van der Waals surface area contributed by atoms with Crippen LogP contribution in [0.15, 0.2) is 65.1 Å². The number of hydrogen-bond donors (Lipinski definition) is 0. The highest BCUT2D eigenvalue weighted by Crippen LogP contribution is 2.53. The van der Waals surface area contributed by atoms with Crippen molar-refractivity contribution in [1.82, 2.24) is 0 Å². The van der Waals surface area contributed by atoms with E-state index in [4.69, 9.17) is 9.47 Å². The minimum atomic E-state index is -4.76. The van der Waals surface area contributed by atoms with Crippen molar-refractivity contribution in [3.8, 4) is 11.5 Å². The summed E-state index contributed by atoms with van der Waals surface area (Å²) in [4.78, 5) is 37.6. The Morgan fingerprint density at radius 1 is 0.900 bits per heavy atom. The van der Waals surface area contributed by atoms with Crippen LogP contribution in [-0.4, -0.2) is 16.5 Å². The predicted molar refractivity (Wildman–Crippen MR) is 139 cm³/mol. The van der Waals surface area contributed by atoms with Crippen molar-refractivity contribution in [3.63, 3.8) is 0 Å². The lowest BCUT2D eigenvalue weighted by Gasteiger charge is -2.42. The van der Waals surface area contributed by atoms with E-state index in [0.717, 1.165) is 6.07 Å². The number of carbonyl (C=O) groups is 2. The molecule has 1 aliphatic heterocycles. The molecule has 7 nitrogen and oxygen atoms in total. The number of nitro benzene ring substituents is 1. The molecule has 0 fully saturated rings. The van der Waals surface area contributed by atoms with Gasteiger partial charge in [-0.25, -0.2) is 0 Å². The quantitative estimate of drug-likeness (QED) is 0.282. The molecule has 0 radical (unpaired) electrons. The maximum atomic E-state index is 13.5. The lowest BCUT2D eigenvalue weighted by atomic mass is 9.65. The van der Waals surface area contributed by atoms with Crippen LogP contribution < -0.4 is 4.74 Å². The minimum Gasteiger partial charge on any atom is -0.465 e. The molecular weight excluding hydrogens is 527 g/mol. The normalized spacial score (nSPS) is 20.6. The number of halogens is 3. The molecule has 2 aromatic carbocycles. The summed E-state index contributed by atoms with van der Waals surface area (Å²) in [6, 6.07) is 8.46. The maximum absolute atomic E-state index is 13.5. The molecule has 2 aromatic rings. The largest absolute Gasteiger partial charge is 0.465 e. The summed E-state index contributed by atoms with van der Waals surface area (Å²) in [6.45, 7) is 7.94. The van der Waals surface area contributed by atoms with Crippen molar-refractivity contribution in [2.75, 3.05) is 0 Å². The molecule has 0 atom stereocenters. The fourth-order valence-corrected chi connectivity index (χ4v) is 5.82. The average molecular weight is 556 g/mol. The van der Waals surface area contributed by atoms with Crippen molar-refractivity contribution in [3.05, 3.63) is 86.4 Å². The van der Waals surface area contributed by atoms with Crippen molar-refractivity contribution in [1.29, 1.82) is 0 Å². The Morgan fingerprint density at radius 2 is 1.48 bits per heavy atom. The molecule has 0 N–H and O–H groups in total. The Labute approximate surface area is 228 Å². The van der Waals surface area contributed by atoms with Gasteiger partial charge in [0.05, 0.1) is 10.5 Å². The Kier molecular flexibility index (Phi) is 6.43. The van der Waals surface area contributed by atoms with Crippen LogP contribution in [0.5, 0.6) is 11.5 Å². The lowest BCUT2D eigenvalue weighted by molar-refractivity contribution is -0.385. The smallest absolute Gasteiger partial charge is 0.416 e. The van der Waals surface area contributed by atoms with E-state index in [-0.39, 0.29) is 46.7 Å². The van der Waals surface area contributed by atoms with Crippen molar-refractivity contribution >= 4 is 17.3 Å². The molecule has 0 saturated carbocycles. The molecular formula is C30H28F3NO6. The number of rotatable bonds is 4. The van der Waals surface area contributed by atoms with Gasteiger partial charge in [-0.2, -0.15) is 13.2 Å². The van der Waals surface area contributed by atoms with Crippen molar-refractivity contribution < 1.29 is 37.2 Å². The third-order valence-electron chi connectivity index (χ3n) is 7.48. The van der Waals surface area contributed by atoms with Crippen molar-refractivity contribution in [2.45, 2.75) is 65.5 Å². The standard InChI is InChI=1S/C30H28F3NO6/c1-28(2)12-20(35)26-23(14-28)40-24-15-29(3,4)13-21(36)27(24)25(26)16-6-5-7-18(10-16)39-22-9-8-17(30(31,32)33)11-19(22)34(37)38/h5-11,25H,12-15H2,1-4H3. The highest BCUT2D eigenvalue weighted by Gasteiger charge is 2.48. The van der Waals surface area contributed by atoms with Gasteiger partial charge in [0.15, 0.2) is 11.6 Å². The van der Waals surface area contributed by atoms with E-state index in [1.807, 2.05) is 27.7 Å². The van der Waals surface area contributed by atoms with Crippen LogP contribution in [0.4, 0.5) is 18.9 Å². The summed E-state index contributed by atoms with van der Waals surface area (Å²) in [5.41, 5.74) is -1.25. The second-order valence-electron chi connectivity index (χ2n) is 12.2. The first-order valence-corrected chi connectivity index (χ1v) is 12.9. The predicted octanol–water partition coefficient (Wildman–Crippen LogP) is 7.81. The Hall–Kier alpha value is -3.95. The molecule has 0 saturated heterocycles. The van der Waals surface area contributed by atoms with Crippen LogP contribution in [0.3, 0.4) is 0 Å². The van der Waals surface area contributed by atoms with Crippen LogP contribution in [-0.2, 0) is 20.5 Å². The molecule has 40 heavy (non-hydrogen) atoms. The summed E-state index contributed by atoms with van der Waals surface area (Å²) in [7, 11) is 0. The molecule has 5 rings (SSSR count). The Morgan fingerprint density at radius 3 is 2.00 bits per heavy atom. The fraction of sp³-hybridized carbons (Fsp3) is 0.400. The first kappa shape index (κ1) is 27.6. The van der Waals surface area contributed by atoms with Gasteiger partial charge in [0.25, 0.3) is 0 Å². The number of nitro groups is 1. The number of ketones is 2. The summed E-state index contributed by atoms with van der Waals surface area (Å²) in [6.07, 6.45) is -3.16. The molecule has 0 unspecified atom stereocenters. The number of benzene rings is 2. The molecule has 0 spiro atoms. The van der Waals surface area contributed by atoms with Gasteiger partial charge in [-0.15, -0.1) is 0 Å². The average Bonchev–Trinajstić information content (AvgIpc) is 2.80. The molecule has 1 heterocycles. The topological polar surface area (TPSA) is 95.7 Å². The molecule has 0 bridgehead atoms. The number of allylic oxidation sites excluding steroid dienone is 4. The van der Waals surface area contributed by atoms with Crippen LogP contribution in [0.25, 0.3) is 0 Å². The van der Waals surface area contributed by atoms with E-state index < -0.39 is 28.3 Å². The Bertz CT molecular complexity index is 1460. The number of carbonyl (C=O) groups excluding carboxylic acids is 2. The fourth-order valence-electron chi connectivity index (χ4n) is 5.82. The van der Waals surface area contributed by atoms with E-state index in [0.29, 0.717) is 53.2 Å². The van der Waals surface area contributed by atoms with Gasteiger partial charge in [0, 0.05) is 48.8 Å². The Balaban J connectivity index is 1.59. The van der Waals surface area contributed by atoms with E-state index in [1.54, 1.807) is 18.2 Å². The van der Waals surface area contributed by atoms with E-state index in [9.17, 15) is 32.9 Å². The van der Waals surface area contributed by atoms with Crippen LogP contribution in [0.2, 0.25) is 0 Å². The highest BCUT2D eigenvalue weighted by atomic mass is 19.4. The zero-order valence-corrected chi connectivity index (χ0v) is 22.5. The summed E-state index contributed by atoms with van der Waals surface area (Å²) in [5, 5.41) is 11.6. The second kappa shape index (κ2) is 9.31. The highest BCUT2D eigenvalue weighted by molar-refractivity contribution is 6.06. The van der Waals surface area contributed by atoms with Crippen LogP contribution >= 0.6 is 0 Å². The van der Waals surface area contributed by atoms with E-state index in [1.165, 1.54) is 6.07 Å². The number of ether oxygens (including phenoxy) is 2. The van der Waals surface area contributed by atoms with Gasteiger partial charge < -0.3 is 9.47 Å². The second-order valence-corrected chi connectivity index (χ2v) is 12.2. The summed E-state index contributed by atoms with van der Waals surface area (Å²) >= 11 is 0. The zero-order valence-electron chi connectivity index (χ0n) is 22.5. The zero-order chi connectivity index (χ0) is 29.2. The summed E-state index contributed by atoms with van der Waals surface area (Å²) in [5.74, 6) is -0.121. The molecule has 10 heteroatoms. The first-order valence-electron chi connectivity index (χ1n) is 12.9. The van der Waals surface area contributed by atoms with E-state index in [2.05, 4.69) is 0 Å². The molecule has 0 amide bonds. The molecule has 3 aliphatic rings. The molecule has 210 valence electrons. The van der Waals surface area contributed by atoms with Gasteiger partial charge in [0.1, 0.15) is 17.3 Å². The monoisotopic (exact) mass is 555 g/mol. The third-order valence-corrected chi connectivity index (χ3v) is 7.48. The minimum absolute atomic E-state index is 0.114. The van der Waals surface area contributed by atoms with Crippen LogP contribution in [0.1, 0.15) is 70.4 Å². The number of nitrogens with zero attached hydrogens (tertiary/aromatic N) is 1. The van der Waals surface area contributed by atoms with Crippen molar-refractivity contribution in [2.24, 2.45) is 10.8 Å². The lowest BCUT2D eigenvalue weighted by Crippen LogP contribution is -2.37. The van der Waals surface area contributed by atoms with Gasteiger partial charge in [-0.1, -0.05) is 39.8 Å². The van der Waals surface area contributed by atoms with Gasteiger partial charge in [-0.3, -0.25) is 19.7 Å². The molecule has 0 aromatic heterocycles. The number of alkyl halides is 3. The molecule has 2 aliphatic carbocycles. The summed E-state index contributed by atoms with van der Waals surface area (Å²) < 4.78 is 51.4. The van der Waals surface area contributed by atoms with Gasteiger partial charge in [0.2, 0.25) is 5.75 Å². The van der Waals surface area contributed by atoms with Crippen LogP contribution in [0, 0.1) is 20.9 Å². The third kappa shape index (κ3) is 5.14. The van der Waals surface area contributed by atoms with Gasteiger partial charge >= 0.3 is 11.9 Å². The first-order chi connectivity index (χ1) is 18.5. The SMILES string of the molecule is CC1(C)CC(=O)C2=C(C1)OC1=C(C(=O)CC(C)(C)C1)C2c1cccc(Oc2ccc(C(F)(F)F)cc2[N+](=O)[O-])c1. The maximum Gasteiger partial charge on any atom is 0.416 e. The number of Topliss-reactive ketones (excluding diaryl/α,β-unsaturated/α-hetero) is 2. The van der Waals surface area contributed by atoms with E-state index >= 15 is 0 Å². The van der Waals surface area contributed by atoms with Gasteiger partial charge in [-0.05, 0) is 40.7 Å².